The van der Waals surface area contributed by atoms with Crippen molar-refractivity contribution in [2.24, 2.45) is 0 Å². The zero-order chi connectivity index (χ0) is 55.9. The molecule has 10 aromatic rings. The Labute approximate surface area is 425 Å². The fourth-order valence-electron chi connectivity index (χ4n) is 8.95. The Morgan fingerprint density at radius 2 is 1.38 bits per heavy atom. The van der Waals surface area contributed by atoms with Gasteiger partial charge in [0.25, 0.3) is 0 Å². The number of aryl methyl sites for hydroxylation is 2. The smallest absolute Gasteiger partial charge is 0.175 e. The molecule has 1 aliphatic rings. The molecule has 0 radical (unpaired) electrons. The van der Waals surface area contributed by atoms with Crippen LogP contribution in [-0.4, -0.2) is 21.1 Å². The van der Waals surface area contributed by atoms with Crippen LogP contribution in [0, 0.1) is 29.6 Å². The molecule has 0 saturated heterocycles. The van der Waals surface area contributed by atoms with Crippen LogP contribution in [-0.2, 0) is 24.8 Å². The number of imidazole rings is 1. The van der Waals surface area contributed by atoms with Gasteiger partial charge < -0.3 is 0 Å². The van der Waals surface area contributed by atoms with Gasteiger partial charge in [0.05, 0.1) is 6.85 Å². The maximum atomic E-state index is 9.19. The first kappa shape index (κ1) is 32.3. The van der Waals surface area contributed by atoms with Gasteiger partial charge in [0.1, 0.15) is 0 Å². The molecule has 334 valence electrons. The van der Waals surface area contributed by atoms with E-state index in [9.17, 15) is 2.74 Å². The number of nitrogens with zero attached hydrogens (tertiary/aromatic N) is 5. The minimum absolute atomic E-state index is 0.00111. The molecule has 0 saturated carbocycles. The SMILES string of the molecule is [2H]c1c([2H])c([2H])c(B2N(c3cccc(Oc4[c-]c(-n5[c](=[Pt])n(-c6c(-c7ccccc7)cc(C([2H])([2H])[2H])cc6-c6cccc(C(C)(C)C)c6)c6ccccc65)ccc4C([2H])([2H])[2H])n3)c3[c-]cccc3N2c2ccccc2)c([2H])c1[2H]. The Morgan fingerprint density at radius 3 is 2.13 bits per heavy atom. The fourth-order valence-corrected chi connectivity index (χ4v) is 10.0. The number of rotatable bonds is 9. The van der Waals surface area contributed by atoms with E-state index in [1.807, 2.05) is 119 Å². The number of hydrogen-bond acceptors (Lipinski definition) is 4. The Bertz CT molecular complexity index is 4060. The first-order chi connectivity index (χ1) is 37.6. The molecule has 0 amide bonds. The van der Waals surface area contributed by atoms with Gasteiger partial charge in [-0.2, -0.15) is 12.1 Å². The molecule has 0 bridgehead atoms. The maximum absolute atomic E-state index is 9.19. The summed E-state index contributed by atoms with van der Waals surface area (Å²) in [6.45, 7) is 0.219. The topological polar surface area (TPSA) is 38.5 Å². The molecular formula is C60H48BN5OPt-2. The first-order valence-corrected chi connectivity index (χ1v) is 23.2. The summed E-state index contributed by atoms with van der Waals surface area (Å²) in [6, 6.07) is 56.4. The normalized spacial score (nSPS) is 15.2. The third-order valence-corrected chi connectivity index (χ3v) is 13.1. The first-order valence-electron chi connectivity index (χ1n) is 27.6. The Kier molecular flexibility index (Phi) is 8.37. The molecule has 0 fully saturated rings. The number of benzene rings is 8. The van der Waals surface area contributed by atoms with Crippen molar-refractivity contribution >= 4 is 46.4 Å². The molecule has 3 heterocycles. The molecule has 0 aliphatic carbocycles. The monoisotopic (exact) mass is 1070 g/mol. The predicted octanol–water partition coefficient (Wildman–Crippen LogP) is 14.2. The summed E-state index contributed by atoms with van der Waals surface area (Å²) in [7, 11) is 0. The van der Waals surface area contributed by atoms with Gasteiger partial charge in [0.2, 0.25) is 0 Å². The molecule has 1 aliphatic heterocycles. The van der Waals surface area contributed by atoms with Crippen LogP contribution >= 0.6 is 0 Å². The van der Waals surface area contributed by atoms with E-state index in [1.54, 1.807) is 47.3 Å². The molecule has 6 nitrogen and oxygen atoms in total. The van der Waals surface area contributed by atoms with Gasteiger partial charge in [-0.25, -0.2) is 0 Å². The van der Waals surface area contributed by atoms with Crippen LogP contribution in [0.1, 0.15) is 52.5 Å². The fraction of sp³-hybridized carbons (Fsp3) is 0.100. The van der Waals surface area contributed by atoms with Crippen LogP contribution < -0.4 is 19.8 Å². The number of para-hydroxylation sites is 4. The van der Waals surface area contributed by atoms with Gasteiger partial charge in [-0.15, -0.1) is 6.07 Å². The number of pyridine rings is 1. The van der Waals surface area contributed by atoms with Crippen molar-refractivity contribution in [3.8, 4) is 45.3 Å². The molecule has 8 heteroatoms. The third-order valence-electron chi connectivity index (χ3n) is 12.1. The van der Waals surface area contributed by atoms with Crippen molar-refractivity contribution in [3.05, 3.63) is 233 Å². The third kappa shape index (κ3) is 7.81. The van der Waals surface area contributed by atoms with E-state index in [0.717, 1.165) is 33.4 Å². The molecule has 11 rings (SSSR count). The summed E-state index contributed by atoms with van der Waals surface area (Å²) in [4.78, 5) is 8.60. The van der Waals surface area contributed by atoms with Crippen molar-refractivity contribution in [1.82, 2.24) is 14.1 Å². The number of fused-ring (bicyclic) bond motifs is 2. The second kappa shape index (κ2) is 17.6. The minimum Gasteiger partial charge on any atom is -0.175 e. The molecule has 0 atom stereocenters. The second-order valence-corrected chi connectivity index (χ2v) is 18.4. The molecule has 0 spiro atoms. The van der Waals surface area contributed by atoms with Crippen LogP contribution in [0.15, 0.2) is 200 Å². The summed E-state index contributed by atoms with van der Waals surface area (Å²) in [6.07, 6.45) is 0. The van der Waals surface area contributed by atoms with Crippen molar-refractivity contribution in [2.75, 3.05) is 9.62 Å². The molecule has 68 heavy (non-hydrogen) atoms. The molecule has 8 aromatic carbocycles. The van der Waals surface area contributed by atoms with Crippen LogP contribution in [0.3, 0.4) is 0 Å². The van der Waals surface area contributed by atoms with E-state index in [-0.39, 0.29) is 51.5 Å². The number of ether oxygens (including phenoxy) is 1. The molecule has 2 aromatic heterocycles. The summed E-state index contributed by atoms with van der Waals surface area (Å²) < 4.78 is 108. The number of anilines is 4. The van der Waals surface area contributed by atoms with Crippen molar-refractivity contribution in [1.29, 1.82) is 0 Å². The number of hydrogen-bond donors (Lipinski definition) is 0. The van der Waals surface area contributed by atoms with Crippen LogP contribution in [0.2, 0.25) is 0 Å². The van der Waals surface area contributed by atoms with Gasteiger partial charge in [0.15, 0.2) is 0 Å². The second-order valence-electron chi connectivity index (χ2n) is 17.4. The van der Waals surface area contributed by atoms with Crippen LogP contribution in [0.5, 0.6) is 11.6 Å². The van der Waals surface area contributed by atoms with Crippen LogP contribution in [0.4, 0.5) is 22.9 Å². The van der Waals surface area contributed by atoms with Gasteiger partial charge in [-0.1, -0.05) is 48.4 Å². The predicted molar refractivity (Wildman–Crippen MR) is 276 cm³/mol. The van der Waals surface area contributed by atoms with E-state index in [1.165, 1.54) is 6.07 Å². The summed E-state index contributed by atoms with van der Waals surface area (Å²) in [5, 5.41) is 0. The van der Waals surface area contributed by atoms with E-state index >= 15 is 0 Å². The Hall–Kier alpha value is -7.47. The van der Waals surface area contributed by atoms with E-state index in [2.05, 4.69) is 69.0 Å². The zero-order valence-corrected chi connectivity index (χ0v) is 39.5. The van der Waals surface area contributed by atoms with Crippen molar-refractivity contribution in [2.45, 2.75) is 39.9 Å². The van der Waals surface area contributed by atoms with E-state index < -0.39 is 38.8 Å². The average Bonchev–Trinajstić information content (AvgIpc) is 4.19. The average molecular weight is 1070 g/mol. The Balaban J connectivity index is 1.09. The van der Waals surface area contributed by atoms with Crippen LogP contribution in [0.25, 0.3) is 44.7 Å². The standard InChI is InChI=1S/C60H48BN5O.Pt/c1-42-37-50(44-21-9-6-10-22-44)59(51(38-42)45-23-19-24-46(39-45)60(3,4)5)64-41-63(52-29-15-16-30-53(52)64)49-36-35-43(2)56(40-49)67-58-34-20-33-57(62-58)66-55-32-18-17-31-54(55)65(48-27-13-8-14-28-48)61(66)47-25-11-7-12-26-47;/h6-31,33-39H,1-5H3;/q-2;/i1D3,2D3,7D,11D,12D,25D,26D;. The van der Waals surface area contributed by atoms with Crippen molar-refractivity contribution < 1.29 is 39.2 Å². The van der Waals surface area contributed by atoms with Gasteiger partial charge in [0, 0.05) is 5.69 Å². The summed E-state index contributed by atoms with van der Waals surface area (Å²) in [5.41, 5.74) is 8.38. The number of aromatic nitrogens is 3. The van der Waals surface area contributed by atoms with E-state index in [4.69, 9.17) is 22.1 Å². The molecule has 0 N–H and O–H groups in total. The van der Waals surface area contributed by atoms with Gasteiger partial charge >= 0.3 is 336 Å². The van der Waals surface area contributed by atoms with Gasteiger partial charge in [-0.05, 0) is 12.1 Å². The summed E-state index contributed by atoms with van der Waals surface area (Å²) in [5.74, 6) is 0.103. The Morgan fingerprint density at radius 1 is 0.676 bits per heavy atom. The van der Waals surface area contributed by atoms with Gasteiger partial charge in [-0.3, -0.25) is 0 Å². The minimum atomic E-state index is -2.68. The molecule has 0 unspecified atom stereocenters. The molecular weight excluding hydrogens is 1010 g/mol. The quantitative estimate of drug-likeness (QED) is 0.107. The zero-order valence-electron chi connectivity index (χ0n) is 48.2. The van der Waals surface area contributed by atoms with Crippen molar-refractivity contribution in [3.63, 3.8) is 0 Å². The summed E-state index contributed by atoms with van der Waals surface area (Å²) >= 11 is 2.26. The van der Waals surface area contributed by atoms with E-state index in [0.29, 0.717) is 37.7 Å².